The van der Waals surface area contributed by atoms with Gasteiger partial charge in [-0.05, 0) is 30.7 Å². The van der Waals surface area contributed by atoms with Crippen molar-refractivity contribution in [3.63, 3.8) is 0 Å². The zero-order valence-electron chi connectivity index (χ0n) is 16.0. The molecule has 148 valence electrons. The van der Waals surface area contributed by atoms with Crippen molar-refractivity contribution in [3.05, 3.63) is 46.3 Å². The summed E-state index contributed by atoms with van der Waals surface area (Å²) >= 11 is 0. The van der Waals surface area contributed by atoms with Crippen LogP contribution in [0.25, 0.3) is 0 Å². The number of benzene rings is 1. The molecule has 1 heterocycles. The Kier molecular flexibility index (Phi) is 6.19. The number of hydrogen-bond acceptors (Lipinski definition) is 6. The molecule has 0 saturated carbocycles. The van der Waals surface area contributed by atoms with E-state index >= 15 is 0 Å². The Balaban J connectivity index is 2.35. The van der Waals surface area contributed by atoms with Crippen LogP contribution in [0.15, 0.2) is 18.2 Å². The number of carbonyl (C=O) groups excluding carboxylic acids is 4. The summed E-state index contributed by atoms with van der Waals surface area (Å²) in [5, 5.41) is 2.62. The third-order valence-corrected chi connectivity index (χ3v) is 4.16. The number of primary amides is 1. The van der Waals surface area contributed by atoms with Gasteiger partial charge in [-0.15, -0.1) is 0 Å². The van der Waals surface area contributed by atoms with Crippen LogP contribution in [0.2, 0.25) is 0 Å². The molecule has 2 aromatic rings. The first-order chi connectivity index (χ1) is 13.2. The van der Waals surface area contributed by atoms with Crippen LogP contribution in [0.1, 0.15) is 49.4 Å². The van der Waals surface area contributed by atoms with Crippen LogP contribution in [-0.2, 0) is 16.0 Å². The fourth-order valence-corrected chi connectivity index (χ4v) is 2.84. The highest BCUT2D eigenvalue weighted by Crippen LogP contribution is 2.26. The minimum Gasteiger partial charge on any atom is -0.495 e. The monoisotopic (exact) mass is 387 g/mol. The van der Waals surface area contributed by atoms with Crippen LogP contribution in [0.3, 0.4) is 0 Å². The highest BCUT2D eigenvalue weighted by molar-refractivity contribution is 6.03. The van der Waals surface area contributed by atoms with E-state index in [-0.39, 0.29) is 40.4 Å². The topological polar surface area (TPSA) is 141 Å². The van der Waals surface area contributed by atoms with E-state index in [0.717, 1.165) is 0 Å². The van der Waals surface area contributed by atoms with E-state index in [9.17, 15) is 19.2 Å². The summed E-state index contributed by atoms with van der Waals surface area (Å²) in [6, 6.07) is 4.36. The maximum atomic E-state index is 12.5. The third kappa shape index (κ3) is 4.20. The number of ether oxygens (including phenoxy) is 2. The lowest BCUT2D eigenvalue weighted by atomic mass is 10.1. The number of esters is 1. The molecule has 2 rings (SSSR count). The fourth-order valence-electron chi connectivity index (χ4n) is 2.84. The number of ketones is 1. The highest BCUT2D eigenvalue weighted by Gasteiger charge is 2.24. The van der Waals surface area contributed by atoms with Crippen LogP contribution in [0.4, 0.5) is 5.69 Å². The molecule has 4 N–H and O–H groups in total. The number of nitrogens with two attached hydrogens (primary N) is 1. The molecule has 2 amide bonds. The van der Waals surface area contributed by atoms with Gasteiger partial charge in [-0.3, -0.25) is 14.4 Å². The van der Waals surface area contributed by atoms with Crippen molar-refractivity contribution >= 4 is 29.3 Å². The molecule has 0 fully saturated rings. The number of rotatable bonds is 7. The molecule has 0 atom stereocenters. The van der Waals surface area contributed by atoms with Gasteiger partial charge in [0.1, 0.15) is 5.75 Å². The van der Waals surface area contributed by atoms with Crippen LogP contribution < -0.4 is 15.8 Å². The molecule has 0 aliphatic heterocycles. The average molecular weight is 387 g/mol. The smallest absolute Gasteiger partial charge is 0.339 e. The lowest BCUT2D eigenvalue weighted by molar-refractivity contribution is -0.115. The van der Waals surface area contributed by atoms with Crippen LogP contribution in [-0.4, -0.2) is 42.8 Å². The number of anilines is 1. The van der Waals surface area contributed by atoms with Crippen LogP contribution in [0, 0.1) is 6.92 Å². The molecular formula is C19H21N3O6. The van der Waals surface area contributed by atoms with Gasteiger partial charge in [0.15, 0.2) is 5.78 Å². The molecule has 0 aliphatic rings. The Hall–Kier alpha value is -3.62. The van der Waals surface area contributed by atoms with E-state index < -0.39 is 17.8 Å². The fraction of sp³-hybridized carbons (Fsp3) is 0.263. The second-order valence-corrected chi connectivity index (χ2v) is 6.03. The Bertz CT molecular complexity index is 961. The second kappa shape index (κ2) is 8.38. The first-order valence-corrected chi connectivity index (χ1v) is 8.28. The summed E-state index contributed by atoms with van der Waals surface area (Å²) in [5.41, 5.74) is 6.74. The number of Topliss-reactive ketones (excluding diaryl/α,β-unsaturated/α-hetero) is 1. The number of amides is 2. The van der Waals surface area contributed by atoms with Crippen LogP contribution >= 0.6 is 0 Å². The predicted octanol–water partition coefficient (Wildman–Crippen LogP) is 1.60. The van der Waals surface area contributed by atoms with E-state index in [0.29, 0.717) is 11.3 Å². The molecule has 0 radical (unpaired) electrons. The van der Waals surface area contributed by atoms with Gasteiger partial charge in [-0.2, -0.15) is 0 Å². The first-order valence-electron chi connectivity index (χ1n) is 8.28. The molecule has 0 aliphatic carbocycles. The van der Waals surface area contributed by atoms with Gasteiger partial charge in [0.25, 0.3) is 0 Å². The molecule has 28 heavy (non-hydrogen) atoms. The molecule has 1 aromatic heterocycles. The predicted molar refractivity (Wildman–Crippen MR) is 101 cm³/mol. The maximum Gasteiger partial charge on any atom is 0.339 e. The molecule has 0 unspecified atom stereocenters. The van der Waals surface area contributed by atoms with E-state index in [1.165, 1.54) is 39.3 Å². The zero-order chi connectivity index (χ0) is 21.0. The second-order valence-electron chi connectivity index (χ2n) is 6.03. The number of carbonyl (C=O) groups is 4. The van der Waals surface area contributed by atoms with E-state index in [1.54, 1.807) is 6.92 Å². The molecule has 0 saturated heterocycles. The van der Waals surface area contributed by atoms with Gasteiger partial charge in [0.05, 0.1) is 37.6 Å². The summed E-state index contributed by atoms with van der Waals surface area (Å²) in [6.07, 6.45) is -0.234. The highest BCUT2D eigenvalue weighted by atomic mass is 16.5. The molecule has 9 heteroatoms. The van der Waals surface area contributed by atoms with Gasteiger partial charge in [-0.25, -0.2) is 4.79 Å². The van der Waals surface area contributed by atoms with Crippen molar-refractivity contribution in [1.29, 1.82) is 0 Å². The standard InChI is InChI=1S/C19H21N3O6/c1-9-16(19(26)28-4)13(22-17(9)10(2)23)8-15(24)21-12-7-11(18(20)25)5-6-14(12)27-3/h5-7,22H,8H2,1-4H3,(H2,20,25)(H,21,24). The minimum absolute atomic E-state index is 0.140. The summed E-state index contributed by atoms with van der Waals surface area (Å²) in [5.74, 6) is -1.75. The van der Waals surface area contributed by atoms with E-state index in [1.807, 2.05) is 0 Å². The van der Waals surface area contributed by atoms with E-state index in [2.05, 4.69) is 10.3 Å². The van der Waals surface area contributed by atoms with Crippen molar-refractivity contribution in [1.82, 2.24) is 4.98 Å². The lowest BCUT2D eigenvalue weighted by Crippen LogP contribution is -2.18. The maximum absolute atomic E-state index is 12.5. The van der Waals surface area contributed by atoms with Crippen molar-refractivity contribution in [2.45, 2.75) is 20.3 Å². The summed E-state index contributed by atoms with van der Waals surface area (Å²) < 4.78 is 9.93. The summed E-state index contributed by atoms with van der Waals surface area (Å²) in [4.78, 5) is 50.6. The summed E-state index contributed by atoms with van der Waals surface area (Å²) in [7, 11) is 2.63. The third-order valence-electron chi connectivity index (χ3n) is 4.16. The quantitative estimate of drug-likeness (QED) is 0.487. The van der Waals surface area contributed by atoms with Crippen molar-refractivity contribution in [2.75, 3.05) is 19.5 Å². The Morgan fingerprint density at radius 3 is 2.39 bits per heavy atom. The largest absolute Gasteiger partial charge is 0.495 e. The molecular weight excluding hydrogens is 366 g/mol. The summed E-state index contributed by atoms with van der Waals surface area (Å²) in [6.45, 7) is 2.95. The molecule has 1 aromatic carbocycles. The number of methoxy groups -OCH3 is 2. The van der Waals surface area contributed by atoms with E-state index in [4.69, 9.17) is 15.2 Å². The Morgan fingerprint density at radius 1 is 1.18 bits per heavy atom. The Morgan fingerprint density at radius 2 is 1.86 bits per heavy atom. The molecule has 9 nitrogen and oxygen atoms in total. The number of aromatic nitrogens is 1. The van der Waals surface area contributed by atoms with Gasteiger partial charge in [0, 0.05) is 18.2 Å². The normalized spacial score (nSPS) is 10.3. The number of aromatic amines is 1. The molecule has 0 spiro atoms. The van der Waals surface area contributed by atoms with Gasteiger partial charge in [0.2, 0.25) is 11.8 Å². The van der Waals surface area contributed by atoms with Gasteiger partial charge in [-0.1, -0.05) is 0 Å². The first kappa shape index (κ1) is 20.7. The van der Waals surface area contributed by atoms with Crippen molar-refractivity contribution in [3.8, 4) is 5.75 Å². The number of hydrogen-bond donors (Lipinski definition) is 3. The SMILES string of the molecule is COC(=O)c1c(CC(=O)Nc2cc(C(N)=O)ccc2OC)[nH]c(C(C)=O)c1C. The Labute approximate surface area is 161 Å². The minimum atomic E-state index is -0.655. The molecule has 0 bridgehead atoms. The van der Waals surface area contributed by atoms with Crippen LogP contribution in [0.5, 0.6) is 5.75 Å². The number of nitrogens with one attached hydrogen (secondary N) is 2. The van der Waals surface area contributed by atoms with Crippen molar-refractivity contribution < 1.29 is 28.7 Å². The average Bonchev–Trinajstić information content (AvgIpc) is 2.97. The number of H-pyrrole nitrogens is 1. The van der Waals surface area contributed by atoms with Gasteiger partial charge >= 0.3 is 5.97 Å². The zero-order valence-corrected chi connectivity index (χ0v) is 16.0. The van der Waals surface area contributed by atoms with Crippen molar-refractivity contribution in [2.24, 2.45) is 5.73 Å². The lowest BCUT2D eigenvalue weighted by Gasteiger charge is -2.11. The van der Waals surface area contributed by atoms with Gasteiger partial charge < -0.3 is 25.5 Å².